The van der Waals surface area contributed by atoms with Gasteiger partial charge in [-0.15, -0.1) is 0 Å². The number of ether oxygens (including phenoxy) is 3. The normalized spacial score (nSPS) is 34.1. The van der Waals surface area contributed by atoms with Crippen LogP contribution in [0.4, 0.5) is 4.39 Å². The van der Waals surface area contributed by atoms with Gasteiger partial charge in [0.1, 0.15) is 0 Å². The van der Waals surface area contributed by atoms with Gasteiger partial charge in [0.15, 0.2) is 11.8 Å². The molecule has 126 valence electrons. The first kappa shape index (κ1) is 18.3. The fourth-order valence-electron chi connectivity index (χ4n) is 2.60. The molecule has 4 unspecified atom stereocenters. The molecule has 22 heavy (non-hydrogen) atoms. The Kier molecular flexibility index (Phi) is 5.17. The van der Waals surface area contributed by atoms with E-state index in [4.69, 9.17) is 14.2 Å². The topological polar surface area (TPSA) is 82.1 Å². The van der Waals surface area contributed by atoms with Gasteiger partial charge in [-0.3, -0.25) is 14.4 Å². The van der Waals surface area contributed by atoms with Crippen LogP contribution < -0.4 is 0 Å². The number of hydrogen-bond donors (Lipinski definition) is 0. The Balaban J connectivity index is 3.36. The summed E-state index contributed by atoms with van der Waals surface area (Å²) in [5.41, 5.74) is -1.66. The first-order valence-corrected chi connectivity index (χ1v) is 6.94. The monoisotopic (exact) mass is 319 g/mol. The Labute approximate surface area is 128 Å². The average molecular weight is 319 g/mol. The van der Waals surface area contributed by atoms with Crippen LogP contribution in [0, 0.1) is 0 Å². The number of likely N-dealkylation sites (N-methyl/N-ethyl adjacent to an activating group) is 1. The quantitative estimate of drug-likeness (QED) is 0.723. The van der Waals surface area contributed by atoms with Crippen LogP contribution in [0.15, 0.2) is 0 Å². The van der Waals surface area contributed by atoms with Crippen molar-refractivity contribution in [1.29, 1.82) is 0 Å². The van der Waals surface area contributed by atoms with Crippen molar-refractivity contribution in [2.75, 3.05) is 7.05 Å². The lowest BCUT2D eigenvalue weighted by Crippen LogP contribution is -2.57. The molecule has 0 aliphatic carbocycles. The maximum Gasteiger partial charge on any atom is 0.303 e. The van der Waals surface area contributed by atoms with Crippen molar-refractivity contribution in [3.8, 4) is 0 Å². The van der Waals surface area contributed by atoms with Gasteiger partial charge in [0.05, 0.1) is 0 Å². The highest BCUT2D eigenvalue weighted by atomic mass is 19.2. The summed E-state index contributed by atoms with van der Waals surface area (Å²) in [7, 11) is 1.39. The molecule has 7 nitrogen and oxygen atoms in total. The van der Waals surface area contributed by atoms with E-state index in [1.807, 2.05) is 0 Å². The number of nitrogens with zero attached hydrogens (tertiary/aromatic N) is 1. The first-order valence-electron chi connectivity index (χ1n) is 6.94. The largest absolute Gasteiger partial charge is 0.452 e. The fourth-order valence-corrected chi connectivity index (χ4v) is 2.60. The molecule has 0 spiro atoms. The van der Waals surface area contributed by atoms with Crippen molar-refractivity contribution in [2.45, 2.75) is 64.8 Å². The minimum absolute atomic E-state index is 0.149. The van der Waals surface area contributed by atoms with Crippen LogP contribution in [0.5, 0.6) is 0 Å². The maximum absolute atomic E-state index is 15.1. The molecule has 1 saturated heterocycles. The molecule has 1 aliphatic rings. The predicted molar refractivity (Wildman–Crippen MR) is 73.2 cm³/mol. The molecule has 0 saturated carbocycles. The molecule has 0 aromatic carbocycles. The fraction of sp³-hybridized carbons (Fsp3) is 0.786. The van der Waals surface area contributed by atoms with Gasteiger partial charge >= 0.3 is 11.9 Å². The van der Waals surface area contributed by atoms with Gasteiger partial charge < -0.3 is 19.1 Å². The van der Waals surface area contributed by atoms with Crippen LogP contribution in [0.1, 0.15) is 41.0 Å². The number of alkyl halides is 1. The van der Waals surface area contributed by atoms with Gasteiger partial charge in [0, 0.05) is 34.2 Å². The summed E-state index contributed by atoms with van der Waals surface area (Å²) in [5, 5.41) is 0. The van der Waals surface area contributed by atoms with Gasteiger partial charge in [-0.2, -0.15) is 0 Å². The molecule has 4 atom stereocenters. The van der Waals surface area contributed by atoms with E-state index in [0.717, 1.165) is 18.7 Å². The molecule has 0 aromatic heterocycles. The number of hydrogen-bond acceptors (Lipinski definition) is 6. The van der Waals surface area contributed by atoms with E-state index in [9.17, 15) is 14.4 Å². The molecular formula is C14H22FNO6. The number of rotatable bonds is 4. The standard InChI is InChI=1S/C14H22FNO6/c1-7-14(15)11(20-9(3)18)13(5,21-10(4)19)12(22-14)16(6)8(2)17/h11-12H,7H2,1-6H3. The predicted octanol–water partition coefficient (Wildman–Crippen LogP) is 1.15. The third-order valence-electron chi connectivity index (χ3n) is 3.69. The van der Waals surface area contributed by atoms with E-state index in [1.165, 1.54) is 27.8 Å². The second-order valence-corrected chi connectivity index (χ2v) is 5.51. The van der Waals surface area contributed by atoms with Crippen LogP contribution in [0.3, 0.4) is 0 Å². The Morgan fingerprint density at radius 3 is 2.14 bits per heavy atom. The lowest BCUT2D eigenvalue weighted by Gasteiger charge is -2.36. The summed E-state index contributed by atoms with van der Waals surface area (Å²) >= 11 is 0. The molecule has 1 fully saturated rings. The molecule has 1 aliphatic heterocycles. The minimum Gasteiger partial charge on any atom is -0.452 e. The van der Waals surface area contributed by atoms with E-state index >= 15 is 4.39 Å². The van der Waals surface area contributed by atoms with E-state index in [1.54, 1.807) is 0 Å². The van der Waals surface area contributed by atoms with Crippen molar-refractivity contribution >= 4 is 17.8 Å². The van der Waals surface area contributed by atoms with E-state index in [0.29, 0.717) is 0 Å². The van der Waals surface area contributed by atoms with Crippen molar-refractivity contribution in [3.63, 3.8) is 0 Å². The molecular weight excluding hydrogens is 297 g/mol. The summed E-state index contributed by atoms with van der Waals surface area (Å²) in [6.07, 6.45) is -2.86. The molecule has 8 heteroatoms. The third-order valence-corrected chi connectivity index (χ3v) is 3.69. The number of carbonyl (C=O) groups excluding carboxylic acids is 3. The van der Waals surface area contributed by atoms with E-state index < -0.39 is 41.6 Å². The number of carbonyl (C=O) groups is 3. The second-order valence-electron chi connectivity index (χ2n) is 5.51. The summed E-state index contributed by atoms with van der Waals surface area (Å²) in [6, 6.07) is 0. The zero-order valence-electron chi connectivity index (χ0n) is 13.6. The smallest absolute Gasteiger partial charge is 0.303 e. The Hall–Kier alpha value is -1.70. The van der Waals surface area contributed by atoms with Gasteiger partial charge in [0.2, 0.25) is 12.0 Å². The van der Waals surface area contributed by atoms with Crippen molar-refractivity contribution in [1.82, 2.24) is 4.90 Å². The van der Waals surface area contributed by atoms with Crippen molar-refractivity contribution < 1.29 is 33.0 Å². The van der Waals surface area contributed by atoms with Crippen LogP contribution in [0.2, 0.25) is 0 Å². The maximum atomic E-state index is 15.1. The highest BCUT2D eigenvalue weighted by Crippen LogP contribution is 2.46. The van der Waals surface area contributed by atoms with Gasteiger partial charge in [-0.05, 0) is 6.92 Å². The molecule has 1 rings (SSSR count). The minimum atomic E-state index is -2.37. The van der Waals surface area contributed by atoms with Crippen molar-refractivity contribution in [3.05, 3.63) is 0 Å². The number of amides is 1. The SMILES string of the molecule is CCC1(F)OC(N(C)C(C)=O)C(C)(OC(C)=O)C1OC(C)=O. The Bertz CT molecular complexity index is 484. The summed E-state index contributed by atoms with van der Waals surface area (Å²) in [4.78, 5) is 35.5. The zero-order valence-corrected chi connectivity index (χ0v) is 13.6. The molecule has 0 bridgehead atoms. The summed E-state index contributed by atoms with van der Waals surface area (Å²) in [6.45, 7) is 6.41. The Morgan fingerprint density at radius 1 is 1.23 bits per heavy atom. The van der Waals surface area contributed by atoms with Gasteiger partial charge in [0.25, 0.3) is 5.85 Å². The van der Waals surface area contributed by atoms with Crippen LogP contribution in [-0.2, 0) is 28.6 Å². The number of halogens is 1. The van der Waals surface area contributed by atoms with Crippen LogP contribution in [-0.4, -0.2) is 53.6 Å². The third kappa shape index (κ3) is 3.21. The van der Waals surface area contributed by atoms with Gasteiger partial charge in [-0.1, -0.05) is 6.92 Å². The molecule has 1 amide bonds. The summed E-state index contributed by atoms with van der Waals surface area (Å²) in [5.74, 6) is -4.23. The first-order chi connectivity index (χ1) is 9.97. The average Bonchev–Trinajstić information content (AvgIpc) is 2.59. The van der Waals surface area contributed by atoms with Crippen LogP contribution >= 0.6 is 0 Å². The molecule has 0 radical (unpaired) electrons. The van der Waals surface area contributed by atoms with Crippen molar-refractivity contribution in [2.24, 2.45) is 0 Å². The lowest BCUT2D eigenvalue weighted by molar-refractivity contribution is -0.208. The van der Waals surface area contributed by atoms with Gasteiger partial charge in [-0.25, -0.2) is 4.39 Å². The molecule has 1 heterocycles. The highest BCUT2D eigenvalue weighted by molar-refractivity contribution is 5.73. The molecule has 0 aromatic rings. The number of esters is 2. The zero-order chi connectivity index (χ0) is 17.3. The van der Waals surface area contributed by atoms with Crippen LogP contribution in [0.25, 0.3) is 0 Å². The second kappa shape index (κ2) is 6.20. The van der Waals surface area contributed by atoms with E-state index in [2.05, 4.69) is 0 Å². The van der Waals surface area contributed by atoms with E-state index in [-0.39, 0.29) is 6.42 Å². The molecule has 0 N–H and O–H groups in total. The summed E-state index contributed by atoms with van der Waals surface area (Å²) < 4.78 is 30.7. The Morgan fingerprint density at radius 2 is 1.77 bits per heavy atom. The lowest BCUT2D eigenvalue weighted by atomic mass is 9.92. The highest BCUT2D eigenvalue weighted by Gasteiger charge is 2.68.